The third-order valence-corrected chi connectivity index (χ3v) is 2.14. The third kappa shape index (κ3) is 2.10. The van der Waals surface area contributed by atoms with E-state index in [0.717, 1.165) is 12.1 Å². The fraction of sp³-hybridized carbons (Fsp3) is 0.111. The molecule has 0 fully saturated rings. The molecule has 0 bridgehead atoms. The molecule has 0 heterocycles. The number of nitrogen functional groups attached to an aromatic ring is 1. The molecule has 6 nitrogen and oxygen atoms in total. The normalized spacial score (nSPS) is 9.50. The summed E-state index contributed by atoms with van der Waals surface area (Å²) in [6.45, 7) is 0. The molecular weight excluding hydrogens is 234 g/mol. The van der Waals surface area contributed by atoms with Gasteiger partial charge in [0, 0.05) is 17.7 Å². The molecule has 0 unspecified atom stereocenters. The molecule has 0 aliphatic heterocycles. The van der Waals surface area contributed by atoms with Crippen LogP contribution in [-0.2, 0) is 0 Å². The summed E-state index contributed by atoms with van der Waals surface area (Å²) in [6, 6.07) is 3.75. The van der Waals surface area contributed by atoms with Crippen molar-refractivity contribution in [3.05, 3.63) is 33.4 Å². The lowest BCUT2D eigenvalue weighted by Crippen LogP contribution is -2.07. The summed E-state index contributed by atoms with van der Waals surface area (Å²) in [5.74, 6) is -0.941. The van der Waals surface area contributed by atoms with Crippen molar-refractivity contribution >= 4 is 28.8 Å². The van der Waals surface area contributed by atoms with Crippen LogP contribution in [0.15, 0.2) is 12.1 Å². The number of benzene rings is 1. The van der Waals surface area contributed by atoms with Gasteiger partial charge in [-0.2, -0.15) is 5.26 Å². The summed E-state index contributed by atoms with van der Waals surface area (Å²) >= 11 is 5.33. The lowest BCUT2D eigenvalue weighted by molar-refractivity contribution is -0.384. The molecule has 0 amide bonds. The summed E-state index contributed by atoms with van der Waals surface area (Å²) in [4.78, 5) is 21.2. The van der Waals surface area contributed by atoms with E-state index in [9.17, 15) is 14.9 Å². The van der Waals surface area contributed by atoms with Crippen LogP contribution in [0, 0.1) is 21.4 Å². The van der Waals surface area contributed by atoms with E-state index in [1.807, 2.05) is 0 Å². The minimum Gasteiger partial charge on any atom is -0.397 e. The van der Waals surface area contributed by atoms with Gasteiger partial charge in [-0.25, -0.2) is 0 Å². The van der Waals surface area contributed by atoms with Crippen molar-refractivity contribution < 1.29 is 9.72 Å². The molecule has 2 N–H and O–H groups in total. The maximum atomic E-state index is 11.4. The number of rotatable bonds is 3. The number of non-ortho nitro benzene ring substituents is 1. The Bertz CT molecular complexity index is 507. The second-order valence-electron chi connectivity index (χ2n) is 2.88. The van der Waals surface area contributed by atoms with Gasteiger partial charge in [-0.3, -0.25) is 14.9 Å². The number of nitro groups is 1. The topological polar surface area (TPSA) is 110 Å². The quantitative estimate of drug-likeness (QED) is 0.282. The maximum absolute atomic E-state index is 11.4. The molecule has 16 heavy (non-hydrogen) atoms. The summed E-state index contributed by atoms with van der Waals surface area (Å²) in [5.41, 5.74) is 4.78. The van der Waals surface area contributed by atoms with Crippen molar-refractivity contribution in [1.82, 2.24) is 0 Å². The summed E-state index contributed by atoms with van der Waals surface area (Å²) in [6.07, 6.45) is 0. The van der Waals surface area contributed by atoms with E-state index in [2.05, 4.69) is 0 Å². The van der Waals surface area contributed by atoms with E-state index in [4.69, 9.17) is 22.6 Å². The Balaban J connectivity index is 3.50. The molecule has 7 heteroatoms. The molecule has 0 aliphatic carbocycles. The molecule has 0 atom stereocenters. The highest BCUT2D eigenvalue weighted by Crippen LogP contribution is 2.24. The van der Waals surface area contributed by atoms with E-state index < -0.39 is 10.7 Å². The Morgan fingerprint density at radius 1 is 1.62 bits per heavy atom. The second-order valence-corrected chi connectivity index (χ2v) is 3.15. The van der Waals surface area contributed by atoms with Crippen LogP contribution in [0.4, 0.5) is 11.4 Å². The second kappa shape index (κ2) is 4.59. The Hall–Kier alpha value is -2.13. The van der Waals surface area contributed by atoms with E-state index in [1.54, 1.807) is 6.07 Å². The number of hydrogen-bond donors (Lipinski definition) is 1. The van der Waals surface area contributed by atoms with Crippen molar-refractivity contribution in [3.8, 4) is 6.07 Å². The number of hydrogen-bond acceptors (Lipinski definition) is 5. The molecule has 1 aromatic rings. The number of nitrogens with two attached hydrogens (primary N) is 1. The average Bonchev–Trinajstić information content (AvgIpc) is 2.26. The van der Waals surface area contributed by atoms with Crippen LogP contribution < -0.4 is 5.73 Å². The number of ketones is 1. The monoisotopic (exact) mass is 239 g/mol. The number of alkyl halides is 1. The lowest BCUT2D eigenvalue weighted by Gasteiger charge is -2.03. The van der Waals surface area contributed by atoms with E-state index >= 15 is 0 Å². The van der Waals surface area contributed by atoms with Crippen molar-refractivity contribution in [2.45, 2.75) is 0 Å². The smallest absolute Gasteiger partial charge is 0.272 e. The summed E-state index contributed by atoms with van der Waals surface area (Å²) < 4.78 is 0. The van der Waals surface area contributed by atoms with Gasteiger partial charge in [0.15, 0.2) is 5.78 Å². The number of Topliss-reactive ketones (excluding diaryl/α,β-unsaturated/α-hetero) is 1. The molecule has 0 radical (unpaired) electrons. The number of nitro benzene ring substituents is 1. The molecule has 0 aromatic heterocycles. The number of carbonyl (C=O) groups excluding carboxylic acids is 1. The standard InChI is InChI=1S/C9H6ClN3O3/c10-3-9(14)6-1-5(13(15)16)2-8(12)7(6)4-11/h1-2H,3,12H2. The molecule has 1 rings (SSSR count). The first-order valence-electron chi connectivity index (χ1n) is 4.08. The zero-order chi connectivity index (χ0) is 12.3. The van der Waals surface area contributed by atoms with Gasteiger partial charge in [0.2, 0.25) is 0 Å². The molecule has 82 valence electrons. The first-order chi connectivity index (χ1) is 7.51. The summed E-state index contributed by atoms with van der Waals surface area (Å²) in [7, 11) is 0. The Labute approximate surface area is 95.4 Å². The number of halogens is 1. The highest BCUT2D eigenvalue weighted by atomic mass is 35.5. The summed E-state index contributed by atoms with van der Waals surface area (Å²) in [5, 5.41) is 19.3. The lowest BCUT2D eigenvalue weighted by atomic mass is 10.0. The fourth-order valence-electron chi connectivity index (χ4n) is 1.17. The fourth-order valence-corrected chi connectivity index (χ4v) is 1.31. The van der Waals surface area contributed by atoms with Crippen LogP contribution in [0.2, 0.25) is 0 Å². The first kappa shape index (κ1) is 11.9. The Morgan fingerprint density at radius 2 is 2.25 bits per heavy atom. The van der Waals surface area contributed by atoms with Gasteiger partial charge >= 0.3 is 0 Å². The first-order valence-corrected chi connectivity index (χ1v) is 4.62. The minimum absolute atomic E-state index is 0.0868. The van der Waals surface area contributed by atoms with Gasteiger partial charge in [-0.05, 0) is 0 Å². The maximum Gasteiger partial charge on any atom is 0.272 e. The van der Waals surface area contributed by atoms with Crippen molar-refractivity contribution in [2.75, 3.05) is 11.6 Å². The van der Waals surface area contributed by atoms with Crippen LogP contribution in [0.3, 0.4) is 0 Å². The molecular formula is C9H6ClN3O3. The van der Waals surface area contributed by atoms with E-state index in [-0.39, 0.29) is 28.4 Å². The van der Waals surface area contributed by atoms with Crippen molar-refractivity contribution in [1.29, 1.82) is 5.26 Å². The van der Waals surface area contributed by atoms with Crippen LogP contribution in [-0.4, -0.2) is 16.6 Å². The molecule has 0 spiro atoms. The third-order valence-electron chi connectivity index (χ3n) is 1.90. The van der Waals surface area contributed by atoms with E-state index in [1.165, 1.54) is 0 Å². The van der Waals surface area contributed by atoms with Crippen LogP contribution in [0.1, 0.15) is 15.9 Å². The van der Waals surface area contributed by atoms with E-state index in [0.29, 0.717) is 0 Å². The molecule has 1 aromatic carbocycles. The number of anilines is 1. The van der Waals surface area contributed by atoms with Gasteiger partial charge < -0.3 is 5.73 Å². The molecule has 0 saturated carbocycles. The zero-order valence-electron chi connectivity index (χ0n) is 7.94. The Kier molecular flexibility index (Phi) is 3.43. The van der Waals surface area contributed by atoms with Gasteiger partial charge in [0.05, 0.1) is 22.1 Å². The van der Waals surface area contributed by atoms with Crippen LogP contribution in [0.5, 0.6) is 0 Å². The number of carbonyl (C=O) groups is 1. The largest absolute Gasteiger partial charge is 0.397 e. The predicted molar refractivity (Wildman–Crippen MR) is 57.3 cm³/mol. The zero-order valence-corrected chi connectivity index (χ0v) is 8.69. The van der Waals surface area contributed by atoms with Crippen molar-refractivity contribution in [2.24, 2.45) is 0 Å². The minimum atomic E-state index is -0.692. The highest BCUT2D eigenvalue weighted by molar-refractivity contribution is 6.30. The number of nitrogens with zero attached hydrogens (tertiary/aromatic N) is 2. The molecule has 0 saturated heterocycles. The average molecular weight is 240 g/mol. The van der Waals surface area contributed by atoms with Gasteiger partial charge in [0.25, 0.3) is 5.69 Å². The predicted octanol–water partition coefficient (Wildman–Crippen LogP) is 1.47. The van der Waals surface area contributed by atoms with Gasteiger partial charge in [-0.1, -0.05) is 0 Å². The highest BCUT2D eigenvalue weighted by Gasteiger charge is 2.19. The molecule has 0 aliphatic rings. The van der Waals surface area contributed by atoms with Gasteiger partial charge in [0.1, 0.15) is 6.07 Å². The van der Waals surface area contributed by atoms with Crippen LogP contribution in [0.25, 0.3) is 0 Å². The van der Waals surface area contributed by atoms with Gasteiger partial charge in [-0.15, -0.1) is 11.6 Å². The Morgan fingerprint density at radius 3 is 2.69 bits per heavy atom. The van der Waals surface area contributed by atoms with Crippen LogP contribution >= 0.6 is 11.6 Å². The number of nitriles is 1. The SMILES string of the molecule is N#Cc1c(N)cc([N+](=O)[O-])cc1C(=O)CCl. The van der Waals surface area contributed by atoms with Crippen molar-refractivity contribution in [3.63, 3.8) is 0 Å².